The minimum Gasteiger partial charge on any atom is -0.368 e. The van der Waals surface area contributed by atoms with Crippen molar-refractivity contribution in [3.63, 3.8) is 0 Å². The Bertz CT molecular complexity index is 1110. The Kier molecular flexibility index (Phi) is 7.86. The normalized spacial score (nSPS) is 18.0. The van der Waals surface area contributed by atoms with Crippen LogP contribution in [0.1, 0.15) is 30.4 Å². The van der Waals surface area contributed by atoms with Gasteiger partial charge in [0.25, 0.3) is 0 Å². The van der Waals surface area contributed by atoms with E-state index in [9.17, 15) is 36.4 Å². The molecule has 1 fully saturated rings. The fraction of sp³-hybridized carbons (Fsp3) is 0.409. The Morgan fingerprint density at radius 2 is 1.94 bits per heavy atom. The van der Waals surface area contributed by atoms with Crippen LogP contribution >= 0.6 is 0 Å². The van der Waals surface area contributed by atoms with E-state index >= 15 is 0 Å². The number of halogens is 6. The number of amides is 1. The Hall–Kier alpha value is -3.37. The maximum absolute atomic E-state index is 12.9. The number of carbonyl (C=O) groups excluding carboxylic acids is 1. The predicted molar refractivity (Wildman–Crippen MR) is 109 cm³/mol. The van der Waals surface area contributed by atoms with Crippen LogP contribution in [-0.2, 0) is 27.0 Å². The van der Waals surface area contributed by atoms with E-state index < -0.39 is 36.2 Å². The van der Waals surface area contributed by atoms with Crippen molar-refractivity contribution in [2.45, 2.75) is 50.6 Å². The second-order valence-corrected chi connectivity index (χ2v) is 7.86. The molecular weight excluding hydrogens is 482 g/mol. The van der Waals surface area contributed by atoms with Crippen molar-refractivity contribution >= 4 is 5.91 Å². The number of nitrogens with zero attached hydrogens (tertiary/aromatic N) is 3. The quantitative estimate of drug-likeness (QED) is 0.509. The zero-order valence-corrected chi connectivity index (χ0v) is 18.1. The maximum atomic E-state index is 12.9. The molecule has 3 rings (SSSR count). The molecule has 1 saturated carbocycles. The molecule has 0 spiro atoms. The molecule has 0 unspecified atom stereocenters. The number of aromatic nitrogens is 2. The first-order chi connectivity index (χ1) is 16.3. The zero-order valence-electron chi connectivity index (χ0n) is 18.1. The van der Waals surface area contributed by atoms with E-state index in [2.05, 4.69) is 21.6 Å². The van der Waals surface area contributed by atoms with Gasteiger partial charge >= 0.3 is 12.5 Å². The lowest BCUT2D eigenvalue weighted by atomic mass is 9.92. The van der Waals surface area contributed by atoms with E-state index in [-0.39, 0.29) is 30.6 Å². The first-order valence-corrected chi connectivity index (χ1v) is 10.3. The molecule has 1 N–H and O–H groups in total. The van der Waals surface area contributed by atoms with E-state index in [4.69, 9.17) is 4.74 Å². The average molecular weight is 502 g/mol. The van der Waals surface area contributed by atoms with Gasteiger partial charge in [-0.25, -0.2) is 4.98 Å². The Balaban J connectivity index is 1.43. The molecule has 0 bridgehead atoms. The van der Waals surface area contributed by atoms with Crippen LogP contribution in [0.5, 0.6) is 0 Å². The summed E-state index contributed by atoms with van der Waals surface area (Å²) in [6, 6.07) is 4.58. The smallest absolute Gasteiger partial charge is 0.368 e. The van der Waals surface area contributed by atoms with Crippen LogP contribution in [0.4, 0.5) is 26.3 Å². The minimum atomic E-state index is -4.70. The number of nitrogens with one attached hydrogen (secondary N) is 1. The van der Waals surface area contributed by atoms with Crippen LogP contribution in [0.15, 0.2) is 43.0 Å². The van der Waals surface area contributed by atoms with E-state index in [0.717, 1.165) is 12.1 Å². The number of alkyl halides is 6. The van der Waals surface area contributed by atoms with Gasteiger partial charge in [0.15, 0.2) is 0 Å². The number of allylic oxidation sites excluding steroid dienone is 1. The summed E-state index contributed by atoms with van der Waals surface area (Å²) >= 11 is 0. The molecule has 0 radical (unpaired) electrons. The predicted octanol–water partition coefficient (Wildman–Crippen LogP) is 4.54. The van der Waals surface area contributed by atoms with Crippen LogP contribution < -0.4 is 5.32 Å². The molecule has 1 aromatic heterocycles. The fourth-order valence-electron chi connectivity index (χ4n) is 3.35. The number of carbonyl (C=O) groups is 1. The molecule has 0 atom stereocenters. The van der Waals surface area contributed by atoms with Crippen LogP contribution in [0, 0.1) is 11.3 Å². The summed E-state index contributed by atoms with van der Waals surface area (Å²) in [6.45, 7) is 3.72. The number of hydrogen-bond donors (Lipinski definition) is 1. The topological polar surface area (TPSA) is 89.2 Å². The monoisotopic (exact) mass is 502 g/mol. The second kappa shape index (κ2) is 10.5. The summed E-state index contributed by atoms with van der Waals surface area (Å²) in [7, 11) is 0. The SMILES string of the molecule is C=C(CCn1cnc(-c2ccc(C(F)(F)F)cc2C#N)c1)NC(=O)CO[C@H]1C[C@@H](OC(F)(F)F)C1. The van der Waals surface area contributed by atoms with Crippen molar-refractivity contribution in [2.24, 2.45) is 0 Å². The van der Waals surface area contributed by atoms with Gasteiger partial charge in [-0.15, -0.1) is 13.2 Å². The van der Waals surface area contributed by atoms with Crippen molar-refractivity contribution in [2.75, 3.05) is 6.61 Å². The van der Waals surface area contributed by atoms with Gasteiger partial charge in [-0.1, -0.05) is 12.6 Å². The molecule has 1 aromatic carbocycles. The molecule has 7 nitrogen and oxygen atoms in total. The molecule has 13 heteroatoms. The lowest BCUT2D eigenvalue weighted by Gasteiger charge is -2.34. The van der Waals surface area contributed by atoms with Gasteiger partial charge in [0.1, 0.15) is 6.61 Å². The van der Waals surface area contributed by atoms with Gasteiger partial charge in [0, 0.05) is 43.3 Å². The molecule has 1 heterocycles. The summed E-state index contributed by atoms with van der Waals surface area (Å²) in [6.07, 6.45) is -7.35. The largest absolute Gasteiger partial charge is 0.522 e. The zero-order chi connectivity index (χ0) is 25.8. The third-order valence-corrected chi connectivity index (χ3v) is 5.17. The molecule has 2 aromatic rings. The molecule has 1 aliphatic rings. The summed E-state index contributed by atoms with van der Waals surface area (Å²) < 4.78 is 85.6. The molecule has 35 heavy (non-hydrogen) atoms. The highest BCUT2D eigenvalue weighted by atomic mass is 19.4. The molecule has 0 saturated heterocycles. The van der Waals surface area contributed by atoms with Gasteiger partial charge < -0.3 is 14.6 Å². The number of benzene rings is 1. The Labute approximate surface area is 196 Å². The Morgan fingerprint density at radius 3 is 2.57 bits per heavy atom. The number of hydrogen-bond acceptors (Lipinski definition) is 5. The van der Waals surface area contributed by atoms with Gasteiger partial charge in [-0.3, -0.25) is 9.53 Å². The second-order valence-electron chi connectivity index (χ2n) is 7.86. The van der Waals surface area contributed by atoms with Gasteiger partial charge in [-0.05, 0) is 12.1 Å². The van der Waals surface area contributed by atoms with E-state index in [0.29, 0.717) is 24.4 Å². The van der Waals surface area contributed by atoms with Crippen LogP contribution in [0.25, 0.3) is 11.3 Å². The number of aryl methyl sites for hydroxylation is 1. The maximum Gasteiger partial charge on any atom is 0.522 e. The molecular formula is C22H20F6N4O3. The van der Waals surface area contributed by atoms with Crippen molar-refractivity contribution in [1.82, 2.24) is 14.9 Å². The highest BCUT2D eigenvalue weighted by molar-refractivity contribution is 5.78. The minimum absolute atomic E-state index is 0.0448. The summed E-state index contributed by atoms with van der Waals surface area (Å²) in [4.78, 5) is 16.1. The van der Waals surface area contributed by atoms with Crippen LogP contribution in [-0.4, -0.2) is 40.6 Å². The standard InChI is InChI=1S/C22H20F6N4O3/c1-13(31-20(33)11-34-16-7-17(8-16)35-22(26,27)28)4-5-32-10-19(30-12-32)18-3-2-15(21(23,24)25)6-14(18)9-29/h2-3,6,10,12,16-17H,1,4-5,7-8,11H2,(H,31,33)/t16-,17+. The summed E-state index contributed by atoms with van der Waals surface area (Å²) in [5.41, 5.74) is -0.175. The fourth-order valence-corrected chi connectivity index (χ4v) is 3.35. The lowest BCUT2D eigenvalue weighted by Crippen LogP contribution is -2.42. The lowest BCUT2D eigenvalue weighted by molar-refractivity contribution is -0.357. The highest BCUT2D eigenvalue weighted by Gasteiger charge is 2.40. The van der Waals surface area contributed by atoms with E-state index in [1.54, 1.807) is 16.8 Å². The number of imidazole rings is 1. The number of rotatable bonds is 9. The first-order valence-electron chi connectivity index (χ1n) is 10.3. The van der Waals surface area contributed by atoms with Gasteiger partial charge in [-0.2, -0.15) is 18.4 Å². The first kappa shape index (κ1) is 26.2. The van der Waals surface area contributed by atoms with Gasteiger partial charge in [0.2, 0.25) is 5.91 Å². The van der Waals surface area contributed by atoms with E-state index in [1.807, 2.05) is 0 Å². The number of ether oxygens (including phenoxy) is 2. The van der Waals surface area contributed by atoms with Crippen LogP contribution in [0.3, 0.4) is 0 Å². The summed E-state index contributed by atoms with van der Waals surface area (Å²) in [5.74, 6) is -0.509. The van der Waals surface area contributed by atoms with Crippen molar-refractivity contribution in [3.8, 4) is 17.3 Å². The van der Waals surface area contributed by atoms with Crippen molar-refractivity contribution in [3.05, 3.63) is 54.1 Å². The highest BCUT2D eigenvalue weighted by Crippen LogP contribution is 2.33. The van der Waals surface area contributed by atoms with Crippen molar-refractivity contribution < 1.29 is 40.6 Å². The summed E-state index contributed by atoms with van der Waals surface area (Å²) in [5, 5.41) is 11.8. The molecule has 0 aliphatic heterocycles. The molecule has 1 aliphatic carbocycles. The van der Waals surface area contributed by atoms with Crippen molar-refractivity contribution in [1.29, 1.82) is 5.26 Å². The number of nitriles is 1. The molecule has 1 amide bonds. The van der Waals surface area contributed by atoms with Crippen LogP contribution in [0.2, 0.25) is 0 Å². The molecule has 188 valence electrons. The van der Waals surface area contributed by atoms with E-state index in [1.165, 1.54) is 12.4 Å². The van der Waals surface area contributed by atoms with Gasteiger partial charge in [0.05, 0.1) is 41.4 Å². The average Bonchev–Trinajstić information content (AvgIpc) is 3.20. The third-order valence-electron chi connectivity index (χ3n) is 5.17. The Morgan fingerprint density at radius 1 is 1.23 bits per heavy atom. The third kappa shape index (κ3) is 7.56.